The number of hydrogen-bond acceptors (Lipinski definition) is 6. The molecule has 0 unspecified atom stereocenters. The van der Waals surface area contributed by atoms with Crippen LogP contribution in [0.15, 0.2) is 4.34 Å². The van der Waals surface area contributed by atoms with Crippen molar-refractivity contribution in [2.75, 3.05) is 24.8 Å². The minimum absolute atomic E-state index is 0.124. The maximum atomic E-state index is 12.2. The summed E-state index contributed by atoms with van der Waals surface area (Å²) in [5.41, 5.74) is 0. The first-order valence-electron chi connectivity index (χ1n) is 6.01. The molecule has 7 nitrogen and oxygen atoms in total. The van der Waals surface area contributed by atoms with Crippen molar-refractivity contribution in [3.05, 3.63) is 0 Å². The second kappa shape index (κ2) is 7.87. The third-order valence-electron chi connectivity index (χ3n) is 2.43. The van der Waals surface area contributed by atoms with E-state index in [4.69, 9.17) is 11.6 Å². The fraction of sp³-hybridized carbons (Fsp3) is 0.700. The number of nitrogens with zero attached hydrogens (tertiary/aromatic N) is 3. The molecule has 1 aromatic rings. The number of anilines is 1. The Bertz CT molecular complexity index is 546. The Hall–Kier alpha value is -0.770. The van der Waals surface area contributed by atoms with E-state index in [1.54, 1.807) is 0 Å². The van der Waals surface area contributed by atoms with E-state index in [-0.39, 0.29) is 15.4 Å². The molecule has 0 aromatic carbocycles. The zero-order valence-electron chi connectivity index (χ0n) is 11.3. The molecule has 1 aromatic heterocycles. The van der Waals surface area contributed by atoms with Crippen LogP contribution in [0, 0.1) is 0 Å². The Kier molecular flexibility index (Phi) is 6.80. The van der Waals surface area contributed by atoms with Crippen LogP contribution in [0.5, 0.6) is 0 Å². The number of alkyl halides is 1. The van der Waals surface area contributed by atoms with Gasteiger partial charge in [0.2, 0.25) is 15.4 Å². The van der Waals surface area contributed by atoms with Crippen LogP contribution < -0.4 is 5.32 Å². The number of sulfonamides is 1. The van der Waals surface area contributed by atoms with Crippen molar-refractivity contribution >= 4 is 44.0 Å². The summed E-state index contributed by atoms with van der Waals surface area (Å²) in [5.74, 6) is 0.256. The Balaban J connectivity index is 2.67. The molecule has 0 radical (unpaired) electrons. The first-order valence-corrected chi connectivity index (χ1v) is 8.80. The summed E-state index contributed by atoms with van der Waals surface area (Å²) >= 11 is 6.40. The number of halogens is 1. The highest BCUT2D eigenvalue weighted by molar-refractivity contribution is 7.91. The van der Waals surface area contributed by atoms with Gasteiger partial charge in [0.15, 0.2) is 0 Å². The van der Waals surface area contributed by atoms with E-state index in [2.05, 4.69) is 15.5 Å². The quantitative estimate of drug-likeness (QED) is 0.440. The van der Waals surface area contributed by atoms with Gasteiger partial charge in [-0.05, 0) is 12.8 Å². The highest BCUT2D eigenvalue weighted by Crippen LogP contribution is 2.22. The molecular formula is C10H17ClN4O3S2. The molecule has 1 heterocycles. The standard InChI is InChI=1S/C10H17ClN4O3S2/c1-8(16)12-9-13-14-10(19-9)20(17,18)15(2)7-5-3-4-6-11/h3-7H2,1-2H3,(H,12,13,16). The summed E-state index contributed by atoms with van der Waals surface area (Å²) in [7, 11) is -2.15. The van der Waals surface area contributed by atoms with Crippen molar-refractivity contribution in [3.63, 3.8) is 0 Å². The summed E-state index contributed by atoms with van der Waals surface area (Å²) < 4.78 is 25.5. The molecule has 0 aliphatic heterocycles. The zero-order valence-corrected chi connectivity index (χ0v) is 13.7. The van der Waals surface area contributed by atoms with Gasteiger partial charge in [0.25, 0.3) is 10.0 Å². The number of nitrogens with one attached hydrogen (secondary N) is 1. The van der Waals surface area contributed by atoms with E-state index >= 15 is 0 Å². The van der Waals surface area contributed by atoms with Crippen LogP contribution in [-0.2, 0) is 14.8 Å². The maximum absolute atomic E-state index is 12.2. The van der Waals surface area contributed by atoms with Crippen molar-refractivity contribution < 1.29 is 13.2 Å². The van der Waals surface area contributed by atoms with Gasteiger partial charge in [-0.15, -0.1) is 21.8 Å². The average molecular weight is 341 g/mol. The molecule has 1 rings (SSSR count). The number of rotatable bonds is 8. The molecule has 10 heteroatoms. The molecule has 0 saturated carbocycles. The first-order chi connectivity index (χ1) is 9.37. The fourth-order valence-electron chi connectivity index (χ4n) is 1.37. The molecule has 0 bridgehead atoms. The molecule has 0 fully saturated rings. The smallest absolute Gasteiger partial charge is 0.272 e. The van der Waals surface area contributed by atoms with Crippen molar-refractivity contribution in [1.29, 1.82) is 0 Å². The summed E-state index contributed by atoms with van der Waals surface area (Å²) in [5, 5.41) is 9.81. The minimum Gasteiger partial charge on any atom is -0.301 e. The zero-order chi connectivity index (χ0) is 15.2. The average Bonchev–Trinajstić information content (AvgIpc) is 2.82. The monoisotopic (exact) mass is 340 g/mol. The largest absolute Gasteiger partial charge is 0.301 e. The van der Waals surface area contributed by atoms with Crippen LogP contribution in [0.4, 0.5) is 5.13 Å². The van der Waals surface area contributed by atoms with Gasteiger partial charge in [-0.25, -0.2) is 8.42 Å². The first kappa shape index (κ1) is 17.3. The van der Waals surface area contributed by atoms with Crippen molar-refractivity contribution in [1.82, 2.24) is 14.5 Å². The molecule has 0 saturated heterocycles. The third kappa shape index (κ3) is 4.97. The number of hydrogen-bond donors (Lipinski definition) is 1. The summed E-state index contributed by atoms with van der Waals surface area (Å²) in [6, 6.07) is 0. The number of carbonyl (C=O) groups is 1. The lowest BCUT2D eigenvalue weighted by atomic mass is 10.2. The highest BCUT2D eigenvalue weighted by Gasteiger charge is 2.25. The molecule has 0 atom stereocenters. The molecule has 114 valence electrons. The lowest BCUT2D eigenvalue weighted by Gasteiger charge is -2.14. The van der Waals surface area contributed by atoms with Crippen LogP contribution in [-0.4, -0.2) is 48.3 Å². The second-order valence-corrected chi connectivity index (χ2v) is 7.70. The summed E-state index contributed by atoms with van der Waals surface area (Å²) in [6.07, 6.45) is 2.47. The topological polar surface area (TPSA) is 92.3 Å². The molecule has 1 amide bonds. The predicted molar refractivity (Wildman–Crippen MR) is 78.6 cm³/mol. The van der Waals surface area contributed by atoms with E-state index in [1.165, 1.54) is 18.3 Å². The maximum Gasteiger partial charge on any atom is 0.272 e. The Labute approximate surface area is 127 Å². The molecule has 1 N–H and O–H groups in total. The van der Waals surface area contributed by atoms with Gasteiger partial charge in [0.05, 0.1) is 0 Å². The minimum atomic E-state index is -3.65. The number of amides is 1. The summed E-state index contributed by atoms with van der Waals surface area (Å²) in [6.45, 7) is 1.72. The number of unbranched alkanes of at least 4 members (excludes halogenated alkanes) is 2. The second-order valence-electron chi connectivity index (χ2n) is 4.13. The lowest BCUT2D eigenvalue weighted by Crippen LogP contribution is -2.27. The van der Waals surface area contributed by atoms with E-state index in [1.807, 2.05) is 0 Å². The molecule has 20 heavy (non-hydrogen) atoms. The van der Waals surface area contributed by atoms with Gasteiger partial charge in [-0.2, -0.15) is 4.31 Å². The van der Waals surface area contributed by atoms with Crippen molar-refractivity contribution in [2.45, 2.75) is 30.5 Å². The predicted octanol–water partition coefficient (Wildman–Crippen LogP) is 1.53. The third-order valence-corrected chi connectivity index (χ3v) is 5.74. The number of aromatic nitrogens is 2. The van der Waals surface area contributed by atoms with Crippen LogP contribution in [0.25, 0.3) is 0 Å². The van der Waals surface area contributed by atoms with E-state index in [9.17, 15) is 13.2 Å². The SMILES string of the molecule is CC(=O)Nc1nnc(S(=O)(=O)N(C)CCCCCCl)s1. The number of carbonyl (C=O) groups excluding carboxylic acids is 1. The lowest BCUT2D eigenvalue weighted by molar-refractivity contribution is -0.114. The van der Waals surface area contributed by atoms with Gasteiger partial charge in [0.1, 0.15) is 0 Å². The summed E-state index contributed by atoms with van der Waals surface area (Å²) in [4.78, 5) is 10.9. The Morgan fingerprint density at radius 3 is 2.65 bits per heavy atom. The van der Waals surface area contributed by atoms with Crippen LogP contribution in [0.3, 0.4) is 0 Å². The van der Waals surface area contributed by atoms with Gasteiger partial charge in [-0.3, -0.25) is 4.79 Å². The molecular weight excluding hydrogens is 324 g/mol. The van der Waals surface area contributed by atoms with E-state index in [0.29, 0.717) is 12.4 Å². The normalized spacial score (nSPS) is 11.8. The molecule has 0 aliphatic carbocycles. The van der Waals surface area contributed by atoms with E-state index in [0.717, 1.165) is 30.6 Å². The Morgan fingerprint density at radius 2 is 2.05 bits per heavy atom. The van der Waals surface area contributed by atoms with Gasteiger partial charge in [0, 0.05) is 26.4 Å². The van der Waals surface area contributed by atoms with Gasteiger partial charge in [-0.1, -0.05) is 17.8 Å². The highest BCUT2D eigenvalue weighted by atomic mass is 35.5. The van der Waals surface area contributed by atoms with Crippen LogP contribution in [0.2, 0.25) is 0 Å². The van der Waals surface area contributed by atoms with Gasteiger partial charge < -0.3 is 5.32 Å². The fourth-order valence-corrected chi connectivity index (χ4v) is 3.91. The molecule has 0 spiro atoms. The molecule has 0 aliphatic rings. The van der Waals surface area contributed by atoms with Crippen LogP contribution >= 0.6 is 22.9 Å². The Morgan fingerprint density at radius 1 is 1.35 bits per heavy atom. The van der Waals surface area contributed by atoms with Crippen molar-refractivity contribution in [3.8, 4) is 0 Å². The van der Waals surface area contributed by atoms with Gasteiger partial charge >= 0.3 is 0 Å². The van der Waals surface area contributed by atoms with E-state index < -0.39 is 10.0 Å². The van der Waals surface area contributed by atoms with Crippen LogP contribution in [0.1, 0.15) is 26.2 Å². The van der Waals surface area contributed by atoms with Crippen molar-refractivity contribution in [2.24, 2.45) is 0 Å².